The van der Waals surface area contributed by atoms with Crippen LogP contribution in [0.2, 0.25) is 0 Å². The first kappa shape index (κ1) is 16.9. The minimum absolute atomic E-state index is 0.359. The summed E-state index contributed by atoms with van der Waals surface area (Å²) < 4.78 is 33.1. The molecule has 0 radical (unpaired) electrons. The molecule has 3 aliphatic rings. The van der Waals surface area contributed by atoms with Crippen molar-refractivity contribution in [1.29, 1.82) is 0 Å². The van der Waals surface area contributed by atoms with Gasteiger partial charge in [0.1, 0.15) is 5.75 Å². The van der Waals surface area contributed by atoms with E-state index in [4.69, 9.17) is 4.74 Å². The van der Waals surface area contributed by atoms with E-state index < -0.39 is 10.0 Å². The summed E-state index contributed by atoms with van der Waals surface area (Å²) in [6, 6.07) is 7.31. The number of aryl methyl sites for hydroxylation is 2. The van der Waals surface area contributed by atoms with Gasteiger partial charge in [0.25, 0.3) is 0 Å². The summed E-state index contributed by atoms with van der Waals surface area (Å²) in [6.45, 7) is 2.78. The normalized spacial score (nSPS) is 19.6. The molecule has 1 fully saturated rings. The largest absolute Gasteiger partial charge is 0.493 e. The second kappa shape index (κ2) is 6.45. The summed E-state index contributed by atoms with van der Waals surface area (Å²) in [5, 5.41) is 8.70. The molecular weight excluding hydrogens is 364 g/mol. The first-order valence-electron chi connectivity index (χ1n) is 9.47. The molecule has 0 bridgehead atoms. The van der Waals surface area contributed by atoms with E-state index in [9.17, 15) is 8.42 Å². The molecule has 7 nitrogen and oxygen atoms in total. The number of ether oxygens (including phenoxy) is 1. The minimum atomic E-state index is -3.48. The Morgan fingerprint density at radius 2 is 1.78 bits per heavy atom. The van der Waals surface area contributed by atoms with Crippen molar-refractivity contribution in [2.45, 2.75) is 30.6 Å². The predicted octanol–water partition coefficient (Wildman–Crippen LogP) is 1.41. The molecule has 1 aromatic carbocycles. The molecule has 0 spiro atoms. The van der Waals surface area contributed by atoms with Crippen LogP contribution in [0.15, 0.2) is 29.2 Å². The summed E-state index contributed by atoms with van der Waals surface area (Å²) >= 11 is 0. The van der Waals surface area contributed by atoms with Gasteiger partial charge in [0, 0.05) is 32.6 Å². The van der Waals surface area contributed by atoms with Gasteiger partial charge in [-0.3, -0.25) is 0 Å². The SMILES string of the molecule is O=S(=O)(c1ccc2c(c1)CCO2)N1CCN(c2cc3c(nn2)CCC3)CC1. The fraction of sp³-hybridized carbons (Fsp3) is 0.474. The second-order valence-electron chi connectivity index (χ2n) is 7.29. The second-order valence-corrected chi connectivity index (χ2v) is 9.23. The van der Waals surface area contributed by atoms with E-state index in [-0.39, 0.29) is 0 Å². The topological polar surface area (TPSA) is 75.6 Å². The maximum Gasteiger partial charge on any atom is 0.243 e. The number of hydrogen-bond donors (Lipinski definition) is 0. The molecule has 1 saturated heterocycles. The van der Waals surface area contributed by atoms with E-state index in [1.807, 2.05) is 0 Å². The lowest BCUT2D eigenvalue weighted by Crippen LogP contribution is -2.49. The first-order chi connectivity index (χ1) is 13.1. The Bertz CT molecular complexity index is 984. The highest BCUT2D eigenvalue weighted by molar-refractivity contribution is 7.89. The zero-order valence-electron chi connectivity index (χ0n) is 15.1. The molecule has 5 rings (SSSR count). The number of anilines is 1. The van der Waals surface area contributed by atoms with Crippen LogP contribution in [-0.4, -0.2) is 55.7 Å². The van der Waals surface area contributed by atoms with Crippen molar-refractivity contribution >= 4 is 15.8 Å². The van der Waals surface area contributed by atoms with Gasteiger partial charge in [0.15, 0.2) is 5.82 Å². The zero-order valence-corrected chi connectivity index (χ0v) is 15.9. The highest BCUT2D eigenvalue weighted by atomic mass is 32.2. The number of fused-ring (bicyclic) bond motifs is 2. The van der Waals surface area contributed by atoms with Crippen LogP contribution in [0.3, 0.4) is 0 Å². The van der Waals surface area contributed by atoms with Gasteiger partial charge >= 0.3 is 0 Å². The van der Waals surface area contributed by atoms with Gasteiger partial charge in [-0.05, 0) is 54.7 Å². The summed E-state index contributed by atoms with van der Waals surface area (Å²) in [6.07, 6.45) is 3.99. The van der Waals surface area contributed by atoms with Crippen molar-refractivity contribution in [1.82, 2.24) is 14.5 Å². The van der Waals surface area contributed by atoms with E-state index in [0.717, 1.165) is 48.5 Å². The van der Waals surface area contributed by atoms with Gasteiger partial charge in [-0.25, -0.2) is 8.42 Å². The van der Waals surface area contributed by atoms with Gasteiger partial charge in [-0.2, -0.15) is 9.40 Å². The zero-order chi connectivity index (χ0) is 18.4. The molecule has 27 heavy (non-hydrogen) atoms. The van der Waals surface area contributed by atoms with Crippen LogP contribution >= 0.6 is 0 Å². The summed E-state index contributed by atoms with van der Waals surface area (Å²) in [5.41, 5.74) is 3.37. The molecule has 0 atom stereocenters. The van der Waals surface area contributed by atoms with Crippen molar-refractivity contribution < 1.29 is 13.2 Å². The highest BCUT2D eigenvalue weighted by Crippen LogP contribution is 2.29. The molecule has 1 aromatic heterocycles. The maximum atomic E-state index is 13.0. The van der Waals surface area contributed by atoms with Gasteiger partial charge < -0.3 is 9.64 Å². The molecule has 0 unspecified atom stereocenters. The Balaban J connectivity index is 1.31. The third kappa shape index (κ3) is 2.96. The molecule has 2 aromatic rings. The van der Waals surface area contributed by atoms with E-state index in [0.29, 0.717) is 37.7 Å². The van der Waals surface area contributed by atoms with Crippen LogP contribution in [0.4, 0.5) is 5.82 Å². The number of sulfonamides is 1. The van der Waals surface area contributed by atoms with Gasteiger partial charge in [0.2, 0.25) is 10.0 Å². The third-order valence-corrected chi connectivity index (χ3v) is 7.56. The Labute approximate surface area is 159 Å². The Morgan fingerprint density at radius 1 is 0.926 bits per heavy atom. The molecule has 2 aliphatic heterocycles. The van der Waals surface area contributed by atoms with E-state index in [2.05, 4.69) is 21.2 Å². The van der Waals surface area contributed by atoms with Crippen LogP contribution in [0, 0.1) is 0 Å². The van der Waals surface area contributed by atoms with Gasteiger partial charge in [0.05, 0.1) is 17.2 Å². The summed E-state index contributed by atoms with van der Waals surface area (Å²) in [4.78, 5) is 2.49. The number of aromatic nitrogens is 2. The molecule has 1 aliphatic carbocycles. The lowest BCUT2D eigenvalue weighted by Gasteiger charge is -2.34. The van der Waals surface area contributed by atoms with E-state index in [1.165, 1.54) is 5.56 Å². The van der Waals surface area contributed by atoms with E-state index in [1.54, 1.807) is 22.5 Å². The molecule has 3 heterocycles. The predicted molar refractivity (Wildman–Crippen MR) is 101 cm³/mol. The molecule has 142 valence electrons. The minimum Gasteiger partial charge on any atom is -0.493 e. The third-order valence-electron chi connectivity index (χ3n) is 5.67. The standard InChI is InChI=1S/C19H22N4O3S/c24-27(25,16-4-5-18-15(12-16)6-11-26-18)23-9-7-22(8-10-23)19-13-14-2-1-3-17(14)20-21-19/h4-5,12-13H,1-3,6-11H2. The molecule has 0 N–H and O–H groups in total. The monoisotopic (exact) mass is 386 g/mol. The lowest BCUT2D eigenvalue weighted by molar-refractivity contribution is 0.356. The Kier molecular flexibility index (Phi) is 4.05. The van der Waals surface area contributed by atoms with Crippen molar-refractivity contribution in [3.05, 3.63) is 41.1 Å². The van der Waals surface area contributed by atoms with Crippen LogP contribution in [0.1, 0.15) is 23.2 Å². The maximum absolute atomic E-state index is 13.0. The Hall–Kier alpha value is -2.19. The van der Waals surface area contributed by atoms with Crippen LogP contribution < -0.4 is 9.64 Å². The first-order valence-corrected chi connectivity index (χ1v) is 10.9. The van der Waals surface area contributed by atoms with Crippen molar-refractivity contribution in [3.8, 4) is 5.75 Å². The van der Waals surface area contributed by atoms with Crippen LogP contribution in [0.25, 0.3) is 0 Å². The highest BCUT2D eigenvalue weighted by Gasteiger charge is 2.30. The van der Waals surface area contributed by atoms with Crippen LogP contribution in [0.5, 0.6) is 5.75 Å². The van der Waals surface area contributed by atoms with Crippen molar-refractivity contribution in [3.63, 3.8) is 0 Å². The van der Waals surface area contributed by atoms with Crippen LogP contribution in [-0.2, 0) is 29.3 Å². The van der Waals surface area contributed by atoms with Gasteiger partial charge in [-0.1, -0.05) is 0 Å². The lowest BCUT2D eigenvalue weighted by atomic mass is 10.2. The summed E-state index contributed by atoms with van der Waals surface area (Å²) in [5.74, 6) is 1.66. The van der Waals surface area contributed by atoms with E-state index >= 15 is 0 Å². The molecule has 0 saturated carbocycles. The number of nitrogens with zero attached hydrogens (tertiary/aromatic N) is 4. The summed E-state index contributed by atoms with van der Waals surface area (Å²) in [7, 11) is -3.48. The number of benzene rings is 1. The van der Waals surface area contributed by atoms with Crippen molar-refractivity contribution in [2.24, 2.45) is 0 Å². The molecule has 0 amide bonds. The van der Waals surface area contributed by atoms with Gasteiger partial charge in [-0.15, -0.1) is 5.10 Å². The fourth-order valence-electron chi connectivity index (χ4n) is 4.10. The quantitative estimate of drug-likeness (QED) is 0.794. The number of rotatable bonds is 3. The average Bonchev–Trinajstić information content (AvgIpc) is 3.35. The Morgan fingerprint density at radius 3 is 2.63 bits per heavy atom. The number of piperazine rings is 1. The molecule has 8 heteroatoms. The number of hydrogen-bond acceptors (Lipinski definition) is 6. The fourth-order valence-corrected chi connectivity index (χ4v) is 5.58. The average molecular weight is 386 g/mol. The smallest absolute Gasteiger partial charge is 0.243 e. The molecular formula is C19H22N4O3S. The van der Waals surface area contributed by atoms with Crippen molar-refractivity contribution in [2.75, 3.05) is 37.7 Å².